The lowest BCUT2D eigenvalue weighted by atomic mass is 9.92. The maximum Gasteiger partial charge on any atom is 0.350 e. The monoisotopic (exact) mass is 546 g/mol. The van der Waals surface area contributed by atoms with Crippen LogP contribution in [0.1, 0.15) is 63.4 Å². The number of rotatable bonds is 8. The Balaban J connectivity index is 1.90. The zero-order valence-corrected chi connectivity index (χ0v) is 23.3. The minimum atomic E-state index is -0.960. The third kappa shape index (κ3) is 5.22. The van der Waals surface area contributed by atoms with E-state index in [1.165, 1.54) is 12.0 Å². The first kappa shape index (κ1) is 27.8. The Hall–Kier alpha value is -4.24. The molecule has 9 heteroatoms. The van der Waals surface area contributed by atoms with Crippen molar-refractivity contribution in [3.63, 3.8) is 0 Å². The van der Waals surface area contributed by atoms with Crippen LogP contribution in [0.5, 0.6) is 5.75 Å². The van der Waals surface area contributed by atoms with Gasteiger partial charge < -0.3 is 14.6 Å². The van der Waals surface area contributed by atoms with Crippen molar-refractivity contribution in [1.29, 1.82) is 0 Å². The molecule has 1 aliphatic rings. The summed E-state index contributed by atoms with van der Waals surface area (Å²) in [4.78, 5) is 45.2. The van der Waals surface area contributed by atoms with E-state index in [0.29, 0.717) is 34.7 Å². The van der Waals surface area contributed by atoms with E-state index in [4.69, 9.17) is 9.47 Å². The van der Waals surface area contributed by atoms with Crippen molar-refractivity contribution in [2.24, 2.45) is 0 Å². The number of benzene rings is 2. The van der Waals surface area contributed by atoms with Gasteiger partial charge in [0.05, 0.1) is 24.4 Å². The smallest absolute Gasteiger partial charge is 0.350 e. The maximum atomic E-state index is 13.5. The number of carbonyl (C=O) groups is 3. The van der Waals surface area contributed by atoms with Crippen LogP contribution in [0.15, 0.2) is 60.7 Å². The van der Waals surface area contributed by atoms with Gasteiger partial charge in [0.1, 0.15) is 23.0 Å². The number of ketones is 1. The standard InChI is InChI=1S/C30H30N2O6S/c1-7-14-38-21-12-13-22(17(4)15-21)25(33)23-24(20-10-8-19(9-11-20)16(2)3)32(28(35)26(23)34)30-31-18(5)27(39-30)29(36)37-6/h7-13,15-16,24,33H,1,14H2,2-6H3/b25-23-. The number of Topliss-reactive ketones (excluding diaryl/α,β-unsaturated/α-hetero) is 1. The summed E-state index contributed by atoms with van der Waals surface area (Å²) < 4.78 is 10.4. The summed E-state index contributed by atoms with van der Waals surface area (Å²) in [5, 5.41) is 11.7. The number of methoxy groups -OCH3 is 1. The van der Waals surface area contributed by atoms with E-state index in [1.807, 2.05) is 24.3 Å². The Morgan fingerprint density at radius 1 is 1.18 bits per heavy atom. The van der Waals surface area contributed by atoms with Crippen molar-refractivity contribution in [3.05, 3.63) is 93.5 Å². The molecule has 1 saturated heterocycles. The third-order valence-electron chi connectivity index (χ3n) is 6.55. The lowest BCUT2D eigenvalue weighted by molar-refractivity contribution is -0.132. The molecule has 8 nitrogen and oxygen atoms in total. The molecule has 2 heterocycles. The second-order valence-electron chi connectivity index (χ2n) is 9.47. The SMILES string of the molecule is C=CCOc1ccc(/C(O)=C2/C(=O)C(=O)N(c3nc(C)c(C(=O)OC)s3)C2c2ccc(C(C)C)cc2)c(C)c1. The fraction of sp³-hybridized carbons (Fsp3) is 0.267. The molecule has 1 aliphatic heterocycles. The van der Waals surface area contributed by atoms with Crippen LogP contribution < -0.4 is 9.64 Å². The molecule has 0 spiro atoms. The molecule has 3 aromatic rings. The van der Waals surface area contributed by atoms with E-state index < -0.39 is 23.7 Å². The molecule has 4 rings (SSSR count). The number of aryl methyl sites for hydroxylation is 2. The summed E-state index contributed by atoms with van der Waals surface area (Å²) in [6.07, 6.45) is 1.63. The molecule has 1 unspecified atom stereocenters. The molecule has 1 fully saturated rings. The summed E-state index contributed by atoms with van der Waals surface area (Å²) >= 11 is 0.962. The van der Waals surface area contributed by atoms with Gasteiger partial charge in [-0.3, -0.25) is 14.5 Å². The summed E-state index contributed by atoms with van der Waals surface area (Å²) in [5.41, 5.74) is 3.08. The highest BCUT2D eigenvalue weighted by Gasteiger charge is 2.48. The van der Waals surface area contributed by atoms with Gasteiger partial charge in [0.2, 0.25) is 0 Å². The number of carbonyl (C=O) groups excluding carboxylic acids is 3. The number of thiazole rings is 1. The predicted molar refractivity (Wildman–Crippen MR) is 150 cm³/mol. The fourth-order valence-corrected chi connectivity index (χ4v) is 5.48. The Morgan fingerprint density at radius 3 is 2.46 bits per heavy atom. The van der Waals surface area contributed by atoms with E-state index in [0.717, 1.165) is 16.9 Å². The van der Waals surface area contributed by atoms with E-state index >= 15 is 0 Å². The van der Waals surface area contributed by atoms with Gasteiger partial charge in [-0.1, -0.05) is 62.1 Å². The molecular formula is C30H30N2O6S. The van der Waals surface area contributed by atoms with E-state index in [9.17, 15) is 19.5 Å². The van der Waals surface area contributed by atoms with Gasteiger partial charge in [-0.2, -0.15) is 0 Å². The normalized spacial score (nSPS) is 16.6. The van der Waals surface area contributed by atoms with Gasteiger partial charge in [-0.05, 0) is 54.7 Å². The minimum absolute atomic E-state index is 0.0624. The highest BCUT2D eigenvalue weighted by Crippen LogP contribution is 2.44. The van der Waals surface area contributed by atoms with Crippen LogP contribution in [0, 0.1) is 13.8 Å². The van der Waals surface area contributed by atoms with Crippen molar-refractivity contribution >= 4 is 39.9 Å². The fourth-order valence-electron chi connectivity index (χ4n) is 4.47. The first-order valence-corrected chi connectivity index (χ1v) is 13.2. The first-order chi connectivity index (χ1) is 18.6. The van der Waals surface area contributed by atoms with E-state index in [-0.39, 0.29) is 27.3 Å². The molecule has 1 aromatic heterocycles. The molecular weight excluding hydrogens is 516 g/mol. The Kier molecular flexibility index (Phi) is 8.01. The Bertz CT molecular complexity index is 1490. The average Bonchev–Trinajstić information content (AvgIpc) is 3.43. The number of hydrogen-bond donors (Lipinski definition) is 1. The van der Waals surface area contributed by atoms with Gasteiger partial charge >= 0.3 is 11.9 Å². The van der Waals surface area contributed by atoms with Crippen LogP contribution in [0.3, 0.4) is 0 Å². The van der Waals surface area contributed by atoms with Crippen molar-refractivity contribution < 1.29 is 29.0 Å². The average molecular weight is 547 g/mol. The zero-order valence-electron chi connectivity index (χ0n) is 22.5. The van der Waals surface area contributed by atoms with E-state index in [2.05, 4.69) is 25.4 Å². The number of aliphatic hydroxyl groups is 1. The molecule has 2 aromatic carbocycles. The van der Waals surface area contributed by atoms with Crippen LogP contribution >= 0.6 is 11.3 Å². The topological polar surface area (TPSA) is 106 Å². The largest absolute Gasteiger partial charge is 0.507 e. The number of esters is 1. The van der Waals surface area contributed by atoms with Gasteiger partial charge in [-0.15, -0.1) is 0 Å². The van der Waals surface area contributed by atoms with Crippen LogP contribution in [0.25, 0.3) is 5.76 Å². The lowest BCUT2D eigenvalue weighted by Gasteiger charge is -2.23. The molecule has 202 valence electrons. The summed E-state index contributed by atoms with van der Waals surface area (Å²) in [6.45, 7) is 11.5. The van der Waals surface area contributed by atoms with Crippen LogP contribution in [0.4, 0.5) is 5.13 Å². The summed E-state index contributed by atoms with van der Waals surface area (Å²) in [7, 11) is 1.26. The third-order valence-corrected chi connectivity index (χ3v) is 7.68. The maximum absolute atomic E-state index is 13.5. The molecule has 0 aliphatic carbocycles. The number of hydrogen-bond acceptors (Lipinski definition) is 8. The molecule has 1 N–H and O–H groups in total. The second-order valence-corrected chi connectivity index (χ2v) is 10.4. The predicted octanol–water partition coefficient (Wildman–Crippen LogP) is 5.86. The highest BCUT2D eigenvalue weighted by atomic mass is 32.1. The van der Waals surface area contributed by atoms with E-state index in [1.54, 1.807) is 38.1 Å². The quantitative estimate of drug-likeness (QED) is 0.124. The Morgan fingerprint density at radius 2 is 1.87 bits per heavy atom. The molecule has 1 atom stereocenters. The van der Waals surface area contributed by atoms with Gasteiger partial charge in [-0.25, -0.2) is 9.78 Å². The number of aliphatic hydroxyl groups excluding tert-OH is 1. The van der Waals surface area contributed by atoms with Crippen LogP contribution in [-0.2, 0) is 14.3 Å². The summed E-state index contributed by atoms with van der Waals surface area (Å²) in [6, 6.07) is 11.7. The number of nitrogens with zero attached hydrogens (tertiary/aromatic N) is 2. The van der Waals surface area contributed by atoms with Crippen LogP contribution in [-0.4, -0.2) is 41.5 Å². The van der Waals surface area contributed by atoms with Gasteiger partial charge in [0, 0.05) is 5.56 Å². The van der Waals surface area contributed by atoms with Crippen molar-refractivity contribution in [3.8, 4) is 5.75 Å². The number of ether oxygens (including phenoxy) is 2. The Labute approximate surface area is 231 Å². The molecule has 0 bridgehead atoms. The lowest BCUT2D eigenvalue weighted by Crippen LogP contribution is -2.29. The number of anilines is 1. The highest BCUT2D eigenvalue weighted by molar-refractivity contribution is 7.17. The molecule has 1 amide bonds. The molecule has 39 heavy (non-hydrogen) atoms. The van der Waals surface area contributed by atoms with Gasteiger partial charge in [0.15, 0.2) is 5.13 Å². The van der Waals surface area contributed by atoms with Crippen LogP contribution in [0.2, 0.25) is 0 Å². The minimum Gasteiger partial charge on any atom is -0.507 e. The van der Waals surface area contributed by atoms with Gasteiger partial charge in [0.25, 0.3) is 5.78 Å². The van der Waals surface area contributed by atoms with Crippen molar-refractivity contribution in [2.75, 3.05) is 18.6 Å². The van der Waals surface area contributed by atoms with Crippen molar-refractivity contribution in [2.45, 2.75) is 39.7 Å². The van der Waals surface area contributed by atoms with Crippen molar-refractivity contribution in [1.82, 2.24) is 4.98 Å². The zero-order chi connectivity index (χ0) is 28.4. The second kappa shape index (κ2) is 11.2. The first-order valence-electron chi connectivity index (χ1n) is 12.4. The number of amides is 1. The molecule has 0 radical (unpaired) electrons. The summed E-state index contributed by atoms with van der Waals surface area (Å²) in [5.74, 6) is -1.71. The molecule has 0 saturated carbocycles. The number of aromatic nitrogens is 1.